The molecule has 0 unspecified atom stereocenters. The lowest BCUT2D eigenvalue weighted by Gasteiger charge is -2.17. The Labute approximate surface area is 94.9 Å². The molecule has 0 aliphatic rings. The quantitative estimate of drug-likeness (QED) is 0.778. The van der Waals surface area contributed by atoms with E-state index in [9.17, 15) is 0 Å². The summed E-state index contributed by atoms with van der Waals surface area (Å²) in [6.07, 6.45) is 1.81. The van der Waals surface area contributed by atoms with Gasteiger partial charge in [0.1, 0.15) is 16.8 Å². The normalized spacial score (nSPS) is 10.4. The van der Waals surface area contributed by atoms with Gasteiger partial charge >= 0.3 is 0 Å². The van der Waals surface area contributed by atoms with Crippen LogP contribution in [0.15, 0.2) is 6.07 Å². The number of aliphatic hydroxyl groups excluding tert-OH is 1. The molecule has 0 fully saturated rings. The third-order valence-electron chi connectivity index (χ3n) is 2.03. The number of nitrogens with zero attached hydrogens (tertiary/aromatic N) is 3. The van der Waals surface area contributed by atoms with Crippen LogP contribution in [0.5, 0.6) is 0 Å². The third kappa shape index (κ3) is 3.64. The lowest BCUT2D eigenvalue weighted by atomic mass is 10.3. The summed E-state index contributed by atoms with van der Waals surface area (Å²) < 4.78 is 0. The highest BCUT2D eigenvalue weighted by Gasteiger charge is 2.06. The number of hydrogen-bond donors (Lipinski definition) is 1. The highest BCUT2D eigenvalue weighted by molar-refractivity contribution is 6.29. The lowest BCUT2D eigenvalue weighted by molar-refractivity contribution is 0.304. The standard InChI is InChI=1S/C10H16ClN3O/c1-3-4-9-12-8(11)7-10(13-9)14(2)5-6-15/h7,15H,3-6H2,1-2H3. The first kappa shape index (κ1) is 12.2. The van der Waals surface area contributed by atoms with Crippen LogP contribution in [0.1, 0.15) is 19.2 Å². The van der Waals surface area contributed by atoms with Crippen molar-refractivity contribution in [2.24, 2.45) is 0 Å². The second-order valence-electron chi connectivity index (χ2n) is 3.36. The molecule has 1 aromatic rings. The maximum Gasteiger partial charge on any atom is 0.134 e. The van der Waals surface area contributed by atoms with E-state index in [0.29, 0.717) is 11.7 Å². The summed E-state index contributed by atoms with van der Waals surface area (Å²) in [6, 6.07) is 1.70. The Bertz CT molecular complexity index is 320. The number of anilines is 1. The van der Waals surface area contributed by atoms with Crippen molar-refractivity contribution in [2.75, 3.05) is 25.1 Å². The number of aromatic nitrogens is 2. The number of aryl methyl sites for hydroxylation is 1. The number of rotatable bonds is 5. The minimum Gasteiger partial charge on any atom is -0.395 e. The summed E-state index contributed by atoms with van der Waals surface area (Å²) in [4.78, 5) is 10.3. The van der Waals surface area contributed by atoms with Gasteiger partial charge in [-0.3, -0.25) is 0 Å². The van der Waals surface area contributed by atoms with Gasteiger partial charge in [0.2, 0.25) is 0 Å². The second-order valence-corrected chi connectivity index (χ2v) is 3.75. The predicted molar refractivity (Wildman–Crippen MR) is 61.4 cm³/mol. The summed E-state index contributed by atoms with van der Waals surface area (Å²) in [5.41, 5.74) is 0. The molecule has 0 bridgehead atoms. The summed E-state index contributed by atoms with van der Waals surface area (Å²) in [5.74, 6) is 1.51. The van der Waals surface area contributed by atoms with Crippen molar-refractivity contribution < 1.29 is 5.11 Å². The molecule has 5 heteroatoms. The van der Waals surface area contributed by atoms with E-state index in [0.717, 1.165) is 24.5 Å². The number of halogens is 1. The average molecular weight is 230 g/mol. The van der Waals surface area contributed by atoms with Crippen LogP contribution in [0.25, 0.3) is 0 Å². The van der Waals surface area contributed by atoms with Crippen molar-refractivity contribution >= 4 is 17.4 Å². The zero-order valence-electron chi connectivity index (χ0n) is 9.07. The van der Waals surface area contributed by atoms with Crippen LogP contribution in [-0.4, -0.2) is 35.3 Å². The van der Waals surface area contributed by atoms with Crippen molar-refractivity contribution in [2.45, 2.75) is 19.8 Å². The molecule has 0 aliphatic carbocycles. The fraction of sp³-hybridized carbons (Fsp3) is 0.600. The molecule has 1 rings (SSSR count). The van der Waals surface area contributed by atoms with Crippen LogP contribution >= 0.6 is 11.6 Å². The van der Waals surface area contributed by atoms with Crippen molar-refractivity contribution in [1.29, 1.82) is 0 Å². The predicted octanol–water partition coefficient (Wildman–Crippen LogP) is 1.51. The van der Waals surface area contributed by atoms with E-state index in [2.05, 4.69) is 16.9 Å². The van der Waals surface area contributed by atoms with Crippen molar-refractivity contribution in [3.63, 3.8) is 0 Å². The number of hydrogen-bond acceptors (Lipinski definition) is 4. The van der Waals surface area contributed by atoms with Crippen LogP contribution in [-0.2, 0) is 6.42 Å². The third-order valence-corrected chi connectivity index (χ3v) is 2.22. The van der Waals surface area contributed by atoms with Crippen molar-refractivity contribution in [3.8, 4) is 0 Å². The topological polar surface area (TPSA) is 49.2 Å². The van der Waals surface area contributed by atoms with E-state index in [1.165, 1.54) is 0 Å². The molecular weight excluding hydrogens is 214 g/mol. The molecule has 1 aromatic heterocycles. The van der Waals surface area contributed by atoms with Gasteiger partial charge in [-0.05, 0) is 6.42 Å². The maximum absolute atomic E-state index is 8.82. The van der Waals surface area contributed by atoms with Crippen molar-refractivity contribution in [1.82, 2.24) is 9.97 Å². The summed E-state index contributed by atoms with van der Waals surface area (Å²) >= 11 is 5.89. The highest BCUT2D eigenvalue weighted by atomic mass is 35.5. The molecule has 4 nitrogen and oxygen atoms in total. The smallest absolute Gasteiger partial charge is 0.134 e. The van der Waals surface area contributed by atoms with E-state index in [4.69, 9.17) is 16.7 Å². The molecule has 0 saturated heterocycles. The molecule has 0 saturated carbocycles. The van der Waals surface area contributed by atoms with E-state index in [-0.39, 0.29) is 6.61 Å². The monoisotopic (exact) mass is 229 g/mol. The maximum atomic E-state index is 8.82. The Morgan fingerprint density at radius 2 is 2.20 bits per heavy atom. The van der Waals surface area contributed by atoms with E-state index in [1.54, 1.807) is 6.07 Å². The Hall–Kier alpha value is -0.870. The first-order valence-corrected chi connectivity index (χ1v) is 5.40. The summed E-state index contributed by atoms with van der Waals surface area (Å²) in [7, 11) is 1.87. The van der Waals surface area contributed by atoms with Crippen LogP contribution in [0.4, 0.5) is 5.82 Å². The molecular formula is C10H16ClN3O. The van der Waals surface area contributed by atoms with Crippen LogP contribution < -0.4 is 4.90 Å². The van der Waals surface area contributed by atoms with Gasteiger partial charge in [-0.2, -0.15) is 0 Å². The first-order valence-electron chi connectivity index (χ1n) is 5.02. The Balaban J connectivity index is 2.87. The largest absolute Gasteiger partial charge is 0.395 e. The van der Waals surface area contributed by atoms with E-state index >= 15 is 0 Å². The molecule has 0 aliphatic heterocycles. The number of likely N-dealkylation sites (N-methyl/N-ethyl adjacent to an activating group) is 1. The van der Waals surface area contributed by atoms with Gasteiger partial charge in [-0.15, -0.1) is 0 Å². The molecule has 15 heavy (non-hydrogen) atoms. The molecule has 1 heterocycles. The molecule has 0 aromatic carbocycles. The van der Waals surface area contributed by atoms with Gasteiger partial charge in [-0.1, -0.05) is 18.5 Å². The zero-order valence-corrected chi connectivity index (χ0v) is 9.83. The van der Waals surface area contributed by atoms with E-state index in [1.807, 2.05) is 11.9 Å². The minimum atomic E-state index is 0.0984. The first-order chi connectivity index (χ1) is 7.17. The fourth-order valence-corrected chi connectivity index (χ4v) is 1.44. The SMILES string of the molecule is CCCc1nc(Cl)cc(N(C)CCO)n1. The van der Waals surface area contributed by atoms with Crippen LogP contribution in [0.2, 0.25) is 5.15 Å². The fourth-order valence-electron chi connectivity index (χ4n) is 1.25. The molecule has 0 atom stereocenters. The lowest BCUT2D eigenvalue weighted by Crippen LogP contribution is -2.22. The Morgan fingerprint density at radius 3 is 2.80 bits per heavy atom. The van der Waals surface area contributed by atoms with Crippen molar-refractivity contribution in [3.05, 3.63) is 17.0 Å². The van der Waals surface area contributed by atoms with Gasteiger partial charge in [0.25, 0.3) is 0 Å². The van der Waals surface area contributed by atoms with Gasteiger partial charge in [0.05, 0.1) is 6.61 Å². The molecule has 0 spiro atoms. The highest BCUT2D eigenvalue weighted by Crippen LogP contribution is 2.15. The van der Waals surface area contributed by atoms with Gasteiger partial charge in [0, 0.05) is 26.1 Å². The average Bonchev–Trinajstić information content (AvgIpc) is 2.17. The molecule has 1 N–H and O–H groups in total. The summed E-state index contributed by atoms with van der Waals surface area (Å²) in [5, 5.41) is 9.27. The van der Waals surface area contributed by atoms with Crippen LogP contribution in [0.3, 0.4) is 0 Å². The Kier molecular flexibility index (Phi) is 4.78. The molecule has 84 valence electrons. The minimum absolute atomic E-state index is 0.0984. The number of aliphatic hydroxyl groups is 1. The molecule has 0 radical (unpaired) electrons. The van der Waals surface area contributed by atoms with E-state index < -0.39 is 0 Å². The van der Waals surface area contributed by atoms with Gasteiger partial charge in [-0.25, -0.2) is 9.97 Å². The second kappa shape index (κ2) is 5.88. The Morgan fingerprint density at radius 1 is 1.47 bits per heavy atom. The molecule has 0 amide bonds. The van der Waals surface area contributed by atoms with Crippen LogP contribution in [0, 0.1) is 0 Å². The van der Waals surface area contributed by atoms with Gasteiger partial charge < -0.3 is 10.0 Å². The van der Waals surface area contributed by atoms with Gasteiger partial charge in [0.15, 0.2) is 0 Å². The zero-order chi connectivity index (χ0) is 11.3. The summed E-state index contributed by atoms with van der Waals surface area (Å²) in [6.45, 7) is 2.71.